The normalized spacial score (nSPS) is 18.6. The van der Waals surface area contributed by atoms with Crippen LogP contribution in [0.5, 0.6) is 0 Å². The molecule has 0 unspecified atom stereocenters. The number of hydrogen-bond acceptors (Lipinski definition) is 8. The maximum atomic E-state index is 13.4. The summed E-state index contributed by atoms with van der Waals surface area (Å²) in [6.07, 6.45) is 7.33. The Balaban J connectivity index is 1.00. The van der Waals surface area contributed by atoms with Gasteiger partial charge < -0.3 is 25.8 Å². The van der Waals surface area contributed by atoms with Crippen LogP contribution in [-0.4, -0.2) is 88.5 Å². The maximum Gasteiger partial charge on any atom is 0.270 e. The van der Waals surface area contributed by atoms with Crippen molar-refractivity contribution in [3.63, 3.8) is 0 Å². The Morgan fingerprint density at radius 3 is 2.50 bits per heavy atom. The van der Waals surface area contributed by atoms with Crippen molar-refractivity contribution in [3.05, 3.63) is 75.3 Å². The highest BCUT2D eigenvalue weighted by Gasteiger charge is 2.48. The number of piperidine rings is 2. The summed E-state index contributed by atoms with van der Waals surface area (Å²) in [4.78, 5) is 32.4. The van der Waals surface area contributed by atoms with Gasteiger partial charge in [0.2, 0.25) is 15.9 Å². The van der Waals surface area contributed by atoms with Gasteiger partial charge in [0.05, 0.1) is 21.3 Å². The van der Waals surface area contributed by atoms with E-state index in [1.54, 1.807) is 29.0 Å². The number of thiazole rings is 1. The Labute approximate surface area is 331 Å². The third-order valence-electron chi connectivity index (χ3n) is 11.7. The molecule has 0 radical (unpaired) electrons. The molecule has 11 nitrogen and oxygen atoms in total. The molecule has 2 aliphatic heterocycles. The quantitative estimate of drug-likeness (QED) is 0.149. The van der Waals surface area contributed by atoms with Crippen LogP contribution < -0.4 is 16.4 Å². The summed E-state index contributed by atoms with van der Waals surface area (Å²) in [6, 6.07) is 12.0. The lowest BCUT2D eigenvalue weighted by Gasteiger charge is -2.51. The Kier molecular flexibility index (Phi) is 11.5. The second-order valence-electron chi connectivity index (χ2n) is 15.3. The molecule has 0 bridgehead atoms. The molecular formula is C39H48ClN7O4S3. The van der Waals surface area contributed by atoms with E-state index in [0.717, 1.165) is 78.5 Å². The molecule has 1 aliphatic carbocycles. The fraction of sp³-hybridized carbons (Fsp3) is 0.487. The van der Waals surface area contributed by atoms with E-state index in [1.807, 2.05) is 30.3 Å². The second-order valence-corrected chi connectivity index (χ2v) is 19.4. The number of amides is 2. The van der Waals surface area contributed by atoms with Gasteiger partial charge in [0.15, 0.2) is 0 Å². The Morgan fingerprint density at radius 1 is 1.09 bits per heavy atom. The van der Waals surface area contributed by atoms with Crippen LogP contribution in [0.25, 0.3) is 22.0 Å². The molecule has 7 rings (SSSR count). The number of rotatable bonds is 12. The topological polar surface area (TPSA) is 143 Å². The van der Waals surface area contributed by atoms with E-state index in [0.29, 0.717) is 54.7 Å². The van der Waals surface area contributed by atoms with Gasteiger partial charge >= 0.3 is 0 Å². The van der Waals surface area contributed by atoms with Gasteiger partial charge in [0.1, 0.15) is 10.7 Å². The highest BCUT2D eigenvalue weighted by atomic mass is 35.5. The number of hydrogen-bond donors (Lipinski definition) is 3. The zero-order valence-corrected chi connectivity index (χ0v) is 33.9. The third-order valence-corrected chi connectivity index (χ3v) is 15.2. The van der Waals surface area contributed by atoms with Crippen LogP contribution in [0.1, 0.15) is 80.0 Å². The van der Waals surface area contributed by atoms with E-state index in [-0.39, 0.29) is 29.2 Å². The summed E-state index contributed by atoms with van der Waals surface area (Å²) in [6.45, 7) is 7.97. The lowest BCUT2D eigenvalue weighted by molar-refractivity contribution is -0.135. The van der Waals surface area contributed by atoms with Crippen molar-refractivity contribution in [1.82, 2.24) is 29.4 Å². The number of thiocarbonyl (C=S) groups is 1. The molecular weight excluding hydrogens is 762 g/mol. The second kappa shape index (κ2) is 16.0. The Morgan fingerprint density at radius 2 is 1.83 bits per heavy atom. The molecule has 4 N–H and O–H groups in total. The number of sulfonamides is 1. The van der Waals surface area contributed by atoms with Crippen LogP contribution in [0.2, 0.25) is 5.02 Å². The zero-order chi connectivity index (χ0) is 38.2. The van der Waals surface area contributed by atoms with Crippen molar-refractivity contribution in [2.45, 2.75) is 70.2 Å². The first-order chi connectivity index (χ1) is 25.8. The fourth-order valence-electron chi connectivity index (χ4n) is 8.42. The van der Waals surface area contributed by atoms with Crippen molar-refractivity contribution in [2.75, 3.05) is 39.3 Å². The van der Waals surface area contributed by atoms with Crippen LogP contribution in [-0.2, 0) is 21.4 Å². The van der Waals surface area contributed by atoms with Gasteiger partial charge in [0.25, 0.3) is 5.91 Å². The van der Waals surface area contributed by atoms with Crippen molar-refractivity contribution < 1.29 is 18.0 Å². The summed E-state index contributed by atoms with van der Waals surface area (Å²) in [5.41, 5.74) is 12.8. The first kappa shape index (κ1) is 38.9. The highest BCUT2D eigenvalue weighted by Crippen LogP contribution is 2.52. The molecule has 54 heavy (non-hydrogen) atoms. The number of nitrogens with zero attached hydrogens (tertiary/aromatic N) is 4. The van der Waals surface area contributed by atoms with Crippen LogP contribution in [0.15, 0.2) is 53.5 Å². The van der Waals surface area contributed by atoms with Gasteiger partial charge in [-0.1, -0.05) is 54.2 Å². The number of fused-ring (bicyclic) bond motifs is 1. The highest BCUT2D eigenvalue weighted by molar-refractivity contribution is 7.89. The molecule has 15 heteroatoms. The summed E-state index contributed by atoms with van der Waals surface area (Å²) in [5.74, 6) is -0.0811. The number of halogens is 1. The van der Waals surface area contributed by atoms with Crippen LogP contribution in [0.4, 0.5) is 0 Å². The number of benzene rings is 2. The summed E-state index contributed by atoms with van der Waals surface area (Å²) in [5, 5.41) is 8.99. The molecule has 1 spiro atoms. The maximum absolute atomic E-state index is 13.4. The number of nitrogens with one attached hydrogen (secondary N) is 2. The number of nitrogens with two attached hydrogens (primary N) is 1. The zero-order valence-electron chi connectivity index (χ0n) is 30.7. The smallest absolute Gasteiger partial charge is 0.270 e. The molecule has 288 valence electrons. The summed E-state index contributed by atoms with van der Waals surface area (Å²) in [7, 11) is -3.34. The van der Waals surface area contributed by atoms with Crippen molar-refractivity contribution in [2.24, 2.45) is 17.1 Å². The minimum absolute atomic E-state index is 0.0138. The Bertz CT molecular complexity index is 2130. The van der Waals surface area contributed by atoms with E-state index in [9.17, 15) is 18.0 Å². The van der Waals surface area contributed by atoms with Gasteiger partial charge in [-0.25, -0.2) is 17.7 Å². The SMILES string of the molecule is CC(C)S(=O)(=O)N1CCC(n2cc(-c3cccc(C(N)=S)c3)c3ccc(CNC(=O)C4CC5(CCN(CCNC(=O)c6cscn6)CC5)C4)c(Cl)c32)CC1. The van der Waals surface area contributed by atoms with Gasteiger partial charge in [-0.15, -0.1) is 11.3 Å². The average molecular weight is 811 g/mol. The van der Waals surface area contributed by atoms with Gasteiger partial charge in [-0.3, -0.25) is 9.59 Å². The molecule has 2 amide bonds. The van der Waals surface area contributed by atoms with E-state index < -0.39 is 15.3 Å². The fourth-order valence-corrected chi connectivity index (χ4v) is 10.7. The van der Waals surface area contributed by atoms with Crippen LogP contribution >= 0.6 is 35.2 Å². The molecule has 1 saturated carbocycles. The van der Waals surface area contributed by atoms with Crippen molar-refractivity contribution in [3.8, 4) is 11.1 Å². The molecule has 2 aromatic heterocycles. The van der Waals surface area contributed by atoms with E-state index in [2.05, 4.69) is 37.3 Å². The van der Waals surface area contributed by atoms with Crippen LogP contribution in [0, 0.1) is 11.3 Å². The minimum Gasteiger partial charge on any atom is -0.389 e. The summed E-state index contributed by atoms with van der Waals surface area (Å²) < 4.78 is 29.7. The van der Waals surface area contributed by atoms with Crippen molar-refractivity contribution >= 4 is 72.9 Å². The van der Waals surface area contributed by atoms with E-state index in [1.165, 1.54) is 11.3 Å². The lowest BCUT2D eigenvalue weighted by Crippen LogP contribution is -2.51. The number of carbonyl (C=O) groups is 2. The molecule has 3 aliphatic rings. The molecule has 2 saturated heterocycles. The van der Waals surface area contributed by atoms with E-state index >= 15 is 0 Å². The summed E-state index contributed by atoms with van der Waals surface area (Å²) >= 11 is 13.9. The number of likely N-dealkylation sites (tertiary alicyclic amines) is 1. The van der Waals surface area contributed by atoms with Gasteiger partial charge in [-0.2, -0.15) is 0 Å². The first-order valence-corrected chi connectivity index (χ1v) is 22.0. The molecule has 2 aromatic carbocycles. The molecule has 4 aromatic rings. The standard InChI is InChI=1S/C39H48ClN7O4S3/c1-25(2)54(50,51)46-13-8-30(9-14-46)47-22-32(26-4-3-5-27(18-26)36(41)52)31-7-6-28(34(40)35(31)47)21-43-37(48)29-19-39(20-29)10-15-45(16-11-39)17-12-42-38(49)33-23-53-24-44-33/h3-7,18,22-25,29-30H,8-17,19-21H2,1-2H3,(H2,41,52)(H,42,49)(H,43,48). The first-order valence-electron chi connectivity index (χ1n) is 18.7. The van der Waals surface area contributed by atoms with Gasteiger partial charge in [0, 0.05) is 72.8 Å². The third kappa shape index (κ3) is 7.96. The number of aromatic nitrogens is 2. The van der Waals surface area contributed by atoms with E-state index in [4.69, 9.17) is 29.6 Å². The van der Waals surface area contributed by atoms with Gasteiger partial charge in [-0.05, 0) is 88.1 Å². The number of carbonyl (C=O) groups excluding carboxylic acids is 2. The predicted octanol–water partition coefficient (Wildman–Crippen LogP) is 5.97. The largest absolute Gasteiger partial charge is 0.389 e. The predicted molar refractivity (Wildman–Crippen MR) is 219 cm³/mol. The average Bonchev–Trinajstić information content (AvgIpc) is 3.84. The Hall–Kier alpha value is -3.40. The molecule has 0 atom stereocenters. The molecule has 3 fully saturated rings. The van der Waals surface area contributed by atoms with Crippen molar-refractivity contribution in [1.29, 1.82) is 0 Å². The molecule has 4 heterocycles. The van der Waals surface area contributed by atoms with Crippen LogP contribution in [0.3, 0.4) is 0 Å². The minimum atomic E-state index is -3.34. The lowest BCUT2D eigenvalue weighted by atomic mass is 9.57. The monoisotopic (exact) mass is 809 g/mol.